The van der Waals surface area contributed by atoms with Crippen molar-refractivity contribution in [2.75, 3.05) is 0 Å². The van der Waals surface area contributed by atoms with E-state index in [2.05, 4.69) is 11.2 Å². The Kier molecular flexibility index (Phi) is 1.80. The molecular formula is C12H12N2O2. The first-order valence-corrected chi connectivity index (χ1v) is 5.31. The van der Waals surface area contributed by atoms with Gasteiger partial charge in [-0.05, 0) is 24.0 Å². The molecule has 1 aliphatic rings. The minimum atomic E-state index is -0.685. The normalized spacial score (nSPS) is 23.6. The Morgan fingerprint density at radius 3 is 3.06 bits per heavy atom. The lowest BCUT2D eigenvalue weighted by Gasteiger charge is -2.00. The van der Waals surface area contributed by atoms with Crippen molar-refractivity contribution in [1.29, 1.82) is 0 Å². The Morgan fingerprint density at radius 1 is 1.56 bits per heavy atom. The van der Waals surface area contributed by atoms with Gasteiger partial charge in [0.1, 0.15) is 0 Å². The molecule has 0 spiro atoms. The molecule has 0 radical (unpaired) electrons. The first-order chi connectivity index (χ1) is 7.66. The number of hydrogen-bond donors (Lipinski definition) is 1. The Labute approximate surface area is 92.5 Å². The molecule has 0 aliphatic heterocycles. The number of rotatable bonds is 2. The average molecular weight is 216 g/mol. The van der Waals surface area contributed by atoms with E-state index in [1.165, 1.54) is 0 Å². The second-order valence-electron chi connectivity index (χ2n) is 4.37. The number of fused-ring (bicyclic) bond motifs is 1. The predicted molar refractivity (Wildman–Crippen MR) is 59.2 cm³/mol. The van der Waals surface area contributed by atoms with Crippen molar-refractivity contribution < 1.29 is 9.90 Å². The standard InChI is InChI=1S/C12H12N2O2/c1-14-11-4-7(2-3-8(11)6-13-14)9-5-10(9)12(15)16/h2-4,6,9-10H,5H2,1H3,(H,15,16). The lowest BCUT2D eigenvalue weighted by Crippen LogP contribution is -1.99. The molecule has 1 N–H and O–H groups in total. The molecule has 0 bridgehead atoms. The van der Waals surface area contributed by atoms with Crippen molar-refractivity contribution in [3.8, 4) is 0 Å². The van der Waals surface area contributed by atoms with Crippen molar-refractivity contribution in [3.63, 3.8) is 0 Å². The number of carboxylic acid groups (broad SMARTS) is 1. The van der Waals surface area contributed by atoms with Crippen LogP contribution in [0.4, 0.5) is 0 Å². The molecule has 4 nitrogen and oxygen atoms in total. The highest BCUT2D eigenvalue weighted by molar-refractivity contribution is 5.81. The van der Waals surface area contributed by atoms with Gasteiger partial charge in [0.2, 0.25) is 0 Å². The monoisotopic (exact) mass is 216 g/mol. The zero-order valence-electron chi connectivity index (χ0n) is 8.92. The van der Waals surface area contributed by atoms with Gasteiger partial charge >= 0.3 is 5.97 Å². The van der Waals surface area contributed by atoms with Crippen molar-refractivity contribution >= 4 is 16.9 Å². The fourth-order valence-corrected chi connectivity index (χ4v) is 2.23. The van der Waals surface area contributed by atoms with E-state index >= 15 is 0 Å². The molecule has 1 aromatic heterocycles. The molecule has 4 heteroatoms. The van der Waals surface area contributed by atoms with E-state index in [0.717, 1.165) is 22.9 Å². The smallest absolute Gasteiger partial charge is 0.307 e. The van der Waals surface area contributed by atoms with E-state index < -0.39 is 5.97 Å². The molecule has 0 amide bonds. The van der Waals surface area contributed by atoms with Crippen LogP contribution in [-0.4, -0.2) is 20.9 Å². The Bertz CT molecular complexity index is 573. The Balaban J connectivity index is 2.00. The molecule has 3 rings (SSSR count). The van der Waals surface area contributed by atoms with E-state index in [1.54, 1.807) is 0 Å². The maximum Gasteiger partial charge on any atom is 0.307 e. The van der Waals surface area contributed by atoms with E-state index in [4.69, 9.17) is 5.11 Å². The van der Waals surface area contributed by atoms with Crippen LogP contribution in [0.3, 0.4) is 0 Å². The van der Waals surface area contributed by atoms with Crippen molar-refractivity contribution in [3.05, 3.63) is 30.0 Å². The molecule has 82 valence electrons. The maximum atomic E-state index is 10.8. The minimum Gasteiger partial charge on any atom is -0.481 e. The number of aryl methyl sites for hydroxylation is 1. The largest absolute Gasteiger partial charge is 0.481 e. The highest BCUT2D eigenvalue weighted by atomic mass is 16.4. The van der Waals surface area contributed by atoms with Crippen LogP contribution in [0.2, 0.25) is 0 Å². The summed E-state index contributed by atoms with van der Waals surface area (Å²) in [6.45, 7) is 0. The summed E-state index contributed by atoms with van der Waals surface area (Å²) < 4.78 is 1.82. The van der Waals surface area contributed by atoms with Gasteiger partial charge in [-0.25, -0.2) is 0 Å². The molecule has 1 saturated carbocycles. The zero-order valence-corrected chi connectivity index (χ0v) is 8.92. The van der Waals surface area contributed by atoms with Gasteiger partial charge in [0.15, 0.2) is 0 Å². The van der Waals surface area contributed by atoms with Gasteiger partial charge in [-0.15, -0.1) is 0 Å². The van der Waals surface area contributed by atoms with Crippen molar-refractivity contribution in [1.82, 2.24) is 9.78 Å². The van der Waals surface area contributed by atoms with E-state index in [1.807, 2.05) is 30.1 Å². The second kappa shape index (κ2) is 3.07. The van der Waals surface area contributed by atoms with E-state index in [0.29, 0.717) is 0 Å². The molecule has 0 saturated heterocycles. The van der Waals surface area contributed by atoms with Crippen LogP contribution < -0.4 is 0 Å². The Morgan fingerprint density at radius 2 is 2.38 bits per heavy atom. The molecule has 2 aromatic rings. The molecule has 16 heavy (non-hydrogen) atoms. The summed E-state index contributed by atoms with van der Waals surface area (Å²) in [6.07, 6.45) is 2.58. The first-order valence-electron chi connectivity index (χ1n) is 5.31. The third kappa shape index (κ3) is 1.30. The summed E-state index contributed by atoms with van der Waals surface area (Å²) >= 11 is 0. The highest BCUT2D eigenvalue weighted by Crippen LogP contribution is 2.47. The van der Waals surface area contributed by atoms with Crippen LogP contribution >= 0.6 is 0 Å². The van der Waals surface area contributed by atoms with Gasteiger partial charge < -0.3 is 5.11 Å². The lowest BCUT2D eigenvalue weighted by atomic mass is 10.1. The number of carboxylic acids is 1. The summed E-state index contributed by atoms with van der Waals surface area (Å²) in [4.78, 5) is 10.8. The molecular weight excluding hydrogens is 204 g/mol. The number of hydrogen-bond acceptors (Lipinski definition) is 2. The minimum absolute atomic E-state index is 0.189. The van der Waals surface area contributed by atoms with Crippen LogP contribution in [0, 0.1) is 5.92 Å². The summed E-state index contributed by atoms with van der Waals surface area (Å²) in [5.41, 5.74) is 2.18. The summed E-state index contributed by atoms with van der Waals surface area (Å²) in [5.74, 6) is -0.683. The fourth-order valence-electron chi connectivity index (χ4n) is 2.23. The summed E-state index contributed by atoms with van der Waals surface area (Å²) in [5, 5.41) is 14.2. The number of aliphatic carboxylic acids is 1. The SMILES string of the molecule is Cn1ncc2ccc(C3CC3C(=O)O)cc21. The van der Waals surface area contributed by atoms with Gasteiger partial charge in [-0.1, -0.05) is 12.1 Å². The van der Waals surface area contributed by atoms with Crippen LogP contribution in [0.25, 0.3) is 10.9 Å². The number of nitrogens with zero attached hydrogens (tertiary/aromatic N) is 2. The van der Waals surface area contributed by atoms with Crippen LogP contribution in [0.1, 0.15) is 17.9 Å². The second-order valence-corrected chi connectivity index (χ2v) is 4.37. The molecule has 1 aliphatic carbocycles. The average Bonchev–Trinajstić information content (AvgIpc) is 2.99. The van der Waals surface area contributed by atoms with Gasteiger partial charge in [0.05, 0.1) is 17.6 Å². The lowest BCUT2D eigenvalue weighted by molar-refractivity contribution is -0.138. The van der Waals surface area contributed by atoms with Gasteiger partial charge in [0.25, 0.3) is 0 Å². The quantitative estimate of drug-likeness (QED) is 0.832. The molecule has 1 aromatic carbocycles. The Hall–Kier alpha value is -1.84. The van der Waals surface area contributed by atoms with Crippen molar-refractivity contribution in [2.45, 2.75) is 12.3 Å². The number of aromatic nitrogens is 2. The van der Waals surface area contributed by atoms with E-state index in [9.17, 15) is 4.79 Å². The molecule has 1 fully saturated rings. The summed E-state index contributed by atoms with van der Waals surface area (Å²) in [6, 6.07) is 6.07. The fraction of sp³-hybridized carbons (Fsp3) is 0.333. The van der Waals surface area contributed by atoms with E-state index in [-0.39, 0.29) is 11.8 Å². The van der Waals surface area contributed by atoms with Crippen molar-refractivity contribution in [2.24, 2.45) is 13.0 Å². The summed E-state index contributed by atoms with van der Waals surface area (Å²) in [7, 11) is 1.90. The first kappa shape index (κ1) is 9.39. The third-order valence-corrected chi connectivity index (χ3v) is 3.31. The zero-order chi connectivity index (χ0) is 11.3. The molecule has 2 unspecified atom stereocenters. The number of carbonyl (C=O) groups is 1. The van der Waals surface area contributed by atoms with Gasteiger partial charge in [-0.3, -0.25) is 9.48 Å². The molecule has 2 atom stereocenters. The van der Waals surface area contributed by atoms with Crippen LogP contribution in [-0.2, 0) is 11.8 Å². The maximum absolute atomic E-state index is 10.8. The highest BCUT2D eigenvalue weighted by Gasteiger charge is 2.44. The molecule has 1 heterocycles. The third-order valence-electron chi connectivity index (χ3n) is 3.31. The number of benzene rings is 1. The van der Waals surface area contributed by atoms with Gasteiger partial charge in [-0.2, -0.15) is 5.10 Å². The topological polar surface area (TPSA) is 55.1 Å². The van der Waals surface area contributed by atoms with Crippen LogP contribution in [0.15, 0.2) is 24.4 Å². The van der Waals surface area contributed by atoms with Crippen LogP contribution in [0.5, 0.6) is 0 Å². The predicted octanol–water partition coefficient (Wildman–Crippen LogP) is 1.76. The van der Waals surface area contributed by atoms with Gasteiger partial charge in [0, 0.05) is 12.4 Å².